The molecule has 0 aliphatic carbocycles. The maximum Gasteiger partial charge on any atom is 0.333 e. The van der Waals surface area contributed by atoms with Gasteiger partial charge in [0, 0.05) is 54.2 Å². The van der Waals surface area contributed by atoms with Crippen molar-refractivity contribution < 1.29 is 0 Å². The zero-order valence-corrected chi connectivity index (χ0v) is 33.7. The van der Waals surface area contributed by atoms with Gasteiger partial charge in [-0.2, -0.15) is 0 Å². The molecule has 264 valence electrons. The van der Waals surface area contributed by atoms with Crippen LogP contribution in [0.5, 0.6) is 0 Å². The van der Waals surface area contributed by atoms with E-state index in [9.17, 15) is 0 Å². The first-order valence-electron chi connectivity index (χ1n) is 19.1. The fraction of sp³-hybridized carbons (Fsp3) is 0.265. The van der Waals surface area contributed by atoms with E-state index in [4.69, 9.17) is 0 Å². The Balaban J connectivity index is 1.39. The fourth-order valence-electron chi connectivity index (χ4n) is 8.58. The second kappa shape index (κ2) is 11.6. The Kier molecular flexibility index (Phi) is 7.44. The third-order valence-electron chi connectivity index (χ3n) is 11.6. The van der Waals surface area contributed by atoms with Crippen molar-refractivity contribution in [2.24, 2.45) is 0 Å². The molecule has 53 heavy (non-hydrogen) atoms. The molecule has 6 aromatic carbocycles. The predicted octanol–water partition coefficient (Wildman–Crippen LogP) is 13.0. The molecule has 2 nitrogen and oxygen atoms in total. The van der Waals surface area contributed by atoms with Crippen molar-refractivity contribution in [2.45, 2.75) is 85.5 Å². The molecule has 0 saturated heterocycles. The lowest BCUT2D eigenvalue weighted by Crippen LogP contribution is -2.61. The zero-order valence-electron chi connectivity index (χ0n) is 32.8. The van der Waals surface area contributed by atoms with Crippen LogP contribution >= 0.6 is 11.3 Å². The average Bonchev–Trinajstić information content (AvgIpc) is 3.47. The molecule has 0 radical (unpaired) electrons. The summed E-state index contributed by atoms with van der Waals surface area (Å²) in [6, 6.07) is 44.7. The van der Waals surface area contributed by atoms with E-state index in [1.165, 1.54) is 92.9 Å². The number of thiophene rings is 1. The summed E-state index contributed by atoms with van der Waals surface area (Å²) in [5.41, 5.74) is 17.0. The molecule has 4 heteroatoms. The van der Waals surface area contributed by atoms with E-state index in [1.807, 2.05) is 11.3 Å². The molecule has 1 aromatic heterocycles. The second-order valence-electron chi connectivity index (χ2n) is 18.4. The Morgan fingerprint density at radius 1 is 0.491 bits per heavy atom. The van der Waals surface area contributed by atoms with Gasteiger partial charge in [-0.15, -0.1) is 11.3 Å². The van der Waals surface area contributed by atoms with E-state index >= 15 is 0 Å². The number of aryl methyl sites for hydroxylation is 1. The highest BCUT2D eigenvalue weighted by atomic mass is 32.1. The highest BCUT2D eigenvalue weighted by Crippen LogP contribution is 2.50. The molecular formula is C49H49BN2S. The highest BCUT2D eigenvalue weighted by Gasteiger charge is 2.45. The summed E-state index contributed by atoms with van der Waals surface area (Å²) in [6.07, 6.45) is 0. The fourth-order valence-corrected chi connectivity index (χ4v) is 9.71. The van der Waals surface area contributed by atoms with Gasteiger partial charge in [0.15, 0.2) is 0 Å². The Morgan fingerprint density at radius 3 is 1.74 bits per heavy atom. The van der Waals surface area contributed by atoms with Crippen molar-refractivity contribution in [1.29, 1.82) is 0 Å². The van der Waals surface area contributed by atoms with E-state index in [0.717, 1.165) is 0 Å². The number of anilines is 5. The zero-order chi connectivity index (χ0) is 37.2. The Bertz CT molecular complexity index is 2570. The van der Waals surface area contributed by atoms with Crippen LogP contribution in [0, 0.1) is 6.92 Å². The van der Waals surface area contributed by atoms with Gasteiger partial charge in [-0.25, -0.2) is 0 Å². The predicted molar refractivity (Wildman–Crippen MR) is 234 cm³/mol. The molecular weight excluding hydrogens is 659 g/mol. The van der Waals surface area contributed by atoms with Crippen LogP contribution in [0.1, 0.15) is 84.6 Å². The van der Waals surface area contributed by atoms with Crippen LogP contribution in [-0.2, 0) is 16.2 Å². The maximum absolute atomic E-state index is 2.67. The summed E-state index contributed by atoms with van der Waals surface area (Å²) < 4.78 is 2.67. The van der Waals surface area contributed by atoms with Gasteiger partial charge < -0.3 is 9.71 Å². The molecule has 7 aromatic rings. The first-order valence-corrected chi connectivity index (χ1v) is 19.9. The van der Waals surface area contributed by atoms with E-state index < -0.39 is 0 Å². The van der Waals surface area contributed by atoms with Crippen molar-refractivity contribution in [3.05, 3.63) is 138 Å². The van der Waals surface area contributed by atoms with E-state index in [0.29, 0.717) is 0 Å². The Hall–Kier alpha value is -4.80. The molecule has 0 spiro atoms. The third kappa shape index (κ3) is 5.44. The minimum absolute atomic E-state index is 0.00187. The second-order valence-corrected chi connectivity index (χ2v) is 19.5. The Labute approximate surface area is 320 Å². The van der Waals surface area contributed by atoms with Crippen molar-refractivity contribution in [3.8, 4) is 11.1 Å². The van der Waals surface area contributed by atoms with E-state index in [2.05, 4.69) is 194 Å². The van der Waals surface area contributed by atoms with Gasteiger partial charge in [-0.1, -0.05) is 123 Å². The number of fused-ring (bicyclic) bond motifs is 7. The number of rotatable bonds is 2. The summed E-state index contributed by atoms with van der Waals surface area (Å²) in [7, 11) is 0. The van der Waals surface area contributed by atoms with Crippen LogP contribution in [0.2, 0.25) is 0 Å². The van der Waals surface area contributed by atoms with E-state index in [-0.39, 0.29) is 23.1 Å². The summed E-state index contributed by atoms with van der Waals surface area (Å²) in [6.45, 7) is 23.0. The summed E-state index contributed by atoms with van der Waals surface area (Å²) in [5.74, 6) is 0. The van der Waals surface area contributed by atoms with Gasteiger partial charge in [0.05, 0.1) is 0 Å². The molecule has 2 aliphatic heterocycles. The van der Waals surface area contributed by atoms with Gasteiger partial charge in [-0.3, -0.25) is 0 Å². The van der Waals surface area contributed by atoms with Crippen molar-refractivity contribution >= 4 is 77.7 Å². The number of hydrogen-bond donors (Lipinski definition) is 0. The van der Waals surface area contributed by atoms with E-state index in [1.54, 1.807) is 0 Å². The molecule has 0 amide bonds. The minimum Gasteiger partial charge on any atom is -0.376 e. The quantitative estimate of drug-likeness (QED) is 0.165. The first-order chi connectivity index (χ1) is 25.1. The summed E-state index contributed by atoms with van der Waals surface area (Å²) >= 11 is 1.90. The normalized spacial score (nSPS) is 14.1. The highest BCUT2D eigenvalue weighted by molar-refractivity contribution is 7.25. The van der Waals surface area contributed by atoms with Crippen LogP contribution in [0.3, 0.4) is 0 Å². The first kappa shape index (κ1) is 34.0. The van der Waals surface area contributed by atoms with Gasteiger partial charge in [0.25, 0.3) is 0 Å². The van der Waals surface area contributed by atoms with Gasteiger partial charge >= 0.3 is 6.85 Å². The smallest absolute Gasteiger partial charge is 0.333 e. The minimum atomic E-state index is -0.0154. The molecule has 0 atom stereocenters. The maximum atomic E-state index is 2.67. The molecule has 0 bridgehead atoms. The summed E-state index contributed by atoms with van der Waals surface area (Å²) in [5, 5.41) is 2.66. The molecule has 3 heterocycles. The molecule has 9 rings (SSSR count). The van der Waals surface area contributed by atoms with Gasteiger partial charge in [0.2, 0.25) is 0 Å². The van der Waals surface area contributed by atoms with Crippen molar-refractivity contribution in [3.63, 3.8) is 0 Å². The lowest BCUT2D eigenvalue weighted by Gasteiger charge is -2.46. The lowest BCUT2D eigenvalue weighted by molar-refractivity contribution is 0.590. The Morgan fingerprint density at radius 2 is 1.09 bits per heavy atom. The molecule has 0 saturated carbocycles. The number of benzene rings is 6. The van der Waals surface area contributed by atoms with Crippen LogP contribution in [-0.4, -0.2) is 6.85 Å². The van der Waals surface area contributed by atoms with Crippen LogP contribution in [0.15, 0.2) is 115 Å². The largest absolute Gasteiger partial charge is 0.376 e. The topological polar surface area (TPSA) is 6.48 Å². The number of nitrogens with zero attached hydrogens (tertiary/aromatic N) is 2. The monoisotopic (exact) mass is 708 g/mol. The third-order valence-corrected chi connectivity index (χ3v) is 12.7. The van der Waals surface area contributed by atoms with Gasteiger partial charge in [0.1, 0.15) is 0 Å². The van der Waals surface area contributed by atoms with Gasteiger partial charge in [-0.05, 0) is 117 Å². The van der Waals surface area contributed by atoms with Crippen LogP contribution in [0.4, 0.5) is 28.4 Å². The van der Waals surface area contributed by atoms with Crippen LogP contribution in [0.25, 0.3) is 31.3 Å². The molecule has 2 aliphatic rings. The van der Waals surface area contributed by atoms with Crippen LogP contribution < -0.4 is 20.6 Å². The standard InChI is InChI=1S/C49H49BN2S/c1-30-25-39-37-29-45-38(36-13-11-12-14-44(36)53-45)28-42(37)52(35-22-17-32(18-23-35)48(5,6)7)50-40-27-33(49(8,9)10)19-24-41(40)51(43(26-30)46(39)50)34-20-15-31(16-21-34)47(2,3)4/h11-29H,1-10H3. The molecule has 0 fully saturated rings. The molecule has 0 unspecified atom stereocenters. The summed E-state index contributed by atoms with van der Waals surface area (Å²) in [4.78, 5) is 5.21. The van der Waals surface area contributed by atoms with Crippen molar-refractivity contribution in [2.75, 3.05) is 9.71 Å². The lowest BCUT2D eigenvalue weighted by atomic mass is 9.43. The molecule has 0 N–H and O–H groups in total. The average molecular weight is 709 g/mol. The number of hydrogen-bond acceptors (Lipinski definition) is 3. The SMILES string of the molecule is Cc1cc2c3c(c1)N(c1ccc(C(C)(C)C)cc1)c1ccc(C(C)(C)C)cc1B3N(c1ccc(C(C)(C)C)cc1)c1cc3c(cc1-2)sc1ccccc13. The van der Waals surface area contributed by atoms with Crippen molar-refractivity contribution in [1.82, 2.24) is 0 Å².